The van der Waals surface area contributed by atoms with Crippen LogP contribution in [-0.4, -0.2) is 37.7 Å². The predicted octanol–water partition coefficient (Wildman–Crippen LogP) is 7.70. The second-order valence-electron chi connectivity index (χ2n) is 9.31. The number of halogens is 2. The van der Waals surface area contributed by atoms with E-state index in [-0.39, 0.29) is 11.6 Å². The number of nitrogens with zero attached hydrogens (tertiary/aromatic N) is 2. The average Bonchev–Trinajstić information content (AvgIpc) is 3.27. The number of hydrogen-bond acceptors (Lipinski definition) is 6. The molecule has 1 aliphatic rings. The number of nitrogens with one attached hydrogen (secondary N) is 1. The lowest BCUT2D eigenvalue weighted by molar-refractivity contribution is 0.343. The van der Waals surface area contributed by atoms with Crippen LogP contribution in [0, 0.1) is 11.6 Å². The predicted molar refractivity (Wildman–Crippen MR) is 152 cm³/mol. The van der Waals surface area contributed by atoms with Crippen LogP contribution in [0.4, 0.5) is 14.5 Å². The summed E-state index contributed by atoms with van der Waals surface area (Å²) in [6, 6.07) is 17.7. The highest BCUT2D eigenvalue weighted by atomic mass is 32.2. The number of rotatable bonds is 8. The third kappa shape index (κ3) is 5.67. The molecule has 1 N–H and O–H groups in total. The highest BCUT2D eigenvalue weighted by Gasteiger charge is 2.27. The number of furan rings is 1. The number of piperidine rings is 1. The zero-order valence-corrected chi connectivity index (χ0v) is 22.9. The molecule has 0 aliphatic carbocycles. The van der Waals surface area contributed by atoms with Gasteiger partial charge in [0.25, 0.3) is 0 Å². The van der Waals surface area contributed by atoms with Crippen LogP contribution in [0.1, 0.15) is 29.9 Å². The average molecular weight is 540 g/mol. The molecule has 1 aromatic heterocycles. The van der Waals surface area contributed by atoms with Gasteiger partial charge in [-0.05, 0) is 97.9 Å². The Kier molecular flexibility index (Phi) is 8.09. The number of benzene rings is 3. The van der Waals surface area contributed by atoms with Crippen molar-refractivity contribution in [1.29, 1.82) is 0 Å². The quantitative estimate of drug-likeness (QED) is 0.231. The third-order valence-electron chi connectivity index (χ3n) is 6.89. The summed E-state index contributed by atoms with van der Waals surface area (Å²) < 4.78 is 38.0. The van der Waals surface area contributed by atoms with Gasteiger partial charge in [-0.3, -0.25) is 0 Å². The Hall–Kier alpha value is -2.52. The molecule has 1 atom stereocenters. The van der Waals surface area contributed by atoms with Crippen molar-refractivity contribution in [3.63, 3.8) is 0 Å². The maximum absolute atomic E-state index is 13.6. The molecule has 1 fully saturated rings. The fourth-order valence-electron chi connectivity index (χ4n) is 5.01. The van der Waals surface area contributed by atoms with Crippen molar-refractivity contribution in [2.24, 2.45) is 0 Å². The molecule has 5 rings (SSSR count). The van der Waals surface area contributed by atoms with Gasteiger partial charge in [0.05, 0.1) is 5.69 Å². The van der Waals surface area contributed by atoms with Gasteiger partial charge in [0.1, 0.15) is 23.0 Å². The van der Waals surface area contributed by atoms with Crippen LogP contribution in [-0.2, 0) is 6.54 Å². The normalized spacial score (nSPS) is 16.4. The highest BCUT2D eigenvalue weighted by molar-refractivity contribution is 7.99. The van der Waals surface area contributed by atoms with Crippen molar-refractivity contribution in [3.05, 3.63) is 83.4 Å². The zero-order chi connectivity index (χ0) is 25.9. The van der Waals surface area contributed by atoms with Crippen LogP contribution in [0.2, 0.25) is 0 Å². The smallest absolute Gasteiger partial charge is 0.139 e. The Bertz CT molecular complexity index is 1360. The van der Waals surface area contributed by atoms with E-state index >= 15 is 0 Å². The minimum atomic E-state index is -0.262. The van der Waals surface area contributed by atoms with Crippen LogP contribution in [0.15, 0.2) is 70.0 Å². The molecule has 4 nitrogen and oxygen atoms in total. The first-order valence-corrected chi connectivity index (χ1v) is 14.4. The van der Waals surface area contributed by atoms with Gasteiger partial charge in [-0.25, -0.2) is 13.1 Å². The molecule has 0 bridgehead atoms. The molecule has 0 amide bonds. The molecular formula is C29H31F2N3OS2. The molecular weight excluding hydrogens is 508 g/mol. The minimum Gasteiger partial charge on any atom is -0.456 e. The largest absolute Gasteiger partial charge is 0.456 e. The standard InChI is InChI=1S/C29H31F2N3OS2/c1-32-17-26-25-15-24(20-5-4-14-34(18-20)37-23-12-10-22(31)11-13-23)27(33(2)36-3)16-28(25)35-29(26)19-6-8-21(30)9-7-19/h6-13,15-16,20,32H,4-5,14,17-18H2,1-3H3/t20-/m1/s1. The van der Waals surface area contributed by atoms with Gasteiger partial charge in [-0.2, -0.15) is 0 Å². The van der Waals surface area contributed by atoms with E-state index in [9.17, 15) is 8.78 Å². The second-order valence-corrected chi connectivity index (χ2v) is 11.4. The molecule has 1 saturated heterocycles. The van der Waals surface area contributed by atoms with Gasteiger partial charge in [0.15, 0.2) is 0 Å². The summed E-state index contributed by atoms with van der Waals surface area (Å²) in [6.45, 7) is 2.56. The molecule has 3 aromatic carbocycles. The first-order valence-electron chi connectivity index (χ1n) is 12.4. The summed E-state index contributed by atoms with van der Waals surface area (Å²) >= 11 is 3.37. The van der Waals surface area contributed by atoms with E-state index in [1.807, 2.05) is 19.2 Å². The van der Waals surface area contributed by atoms with Crippen LogP contribution >= 0.6 is 23.9 Å². The molecule has 194 valence electrons. The Labute approximate surface area is 225 Å². The van der Waals surface area contributed by atoms with E-state index in [4.69, 9.17) is 4.42 Å². The molecule has 8 heteroatoms. The molecule has 0 unspecified atom stereocenters. The Morgan fingerprint density at radius 2 is 1.76 bits per heavy atom. The van der Waals surface area contributed by atoms with Gasteiger partial charge in [0, 0.05) is 60.4 Å². The van der Waals surface area contributed by atoms with E-state index < -0.39 is 0 Å². The van der Waals surface area contributed by atoms with Gasteiger partial charge in [0.2, 0.25) is 0 Å². The molecule has 0 saturated carbocycles. The van der Waals surface area contributed by atoms with E-state index in [0.717, 1.165) is 64.4 Å². The van der Waals surface area contributed by atoms with Crippen molar-refractivity contribution in [3.8, 4) is 11.3 Å². The lowest BCUT2D eigenvalue weighted by Gasteiger charge is -2.34. The fourth-order valence-corrected chi connectivity index (χ4v) is 6.39. The van der Waals surface area contributed by atoms with Crippen molar-refractivity contribution >= 4 is 40.6 Å². The Morgan fingerprint density at radius 1 is 1.05 bits per heavy atom. The van der Waals surface area contributed by atoms with Gasteiger partial charge in [-0.1, -0.05) is 11.9 Å². The lowest BCUT2D eigenvalue weighted by Crippen LogP contribution is -2.29. The number of fused-ring (bicyclic) bond motifs is 1. The van der Waals surface area contributed by atoms with Crippen molar-refractivity contribution in [2.75, 3.05) is 37.7 Å². The van der Waals surface area contributed by atoms with Gasteiger partial charge >= 0.3 is 0 Å². The number of anilines is 1. The van der Waals surface area contributed by atoms with Crippen LogP contribution < -0.4 is 9.62 Å². The highest BCUT2D eigenvalue weighted by Crippen LogP contribution is 2.43. The third-order valence-corrected chi connectivity index (χ3v) is 8.70. The summed E-state index contributed by atoms with van der Waals surface area (Å²) in [5.74, 6) is 0.650. The number of hydrogen-bond donors (Lipinski definition) is 1. The molecule has 1 aliphatic heterocycles. The monoisotopic (exact) mass is 539 g/mol. The SMILES string of the molecule is CNCc1c(-c2ccc(F)cc2)oc2cc(N(C)SC)c([C@@H]3CCCN(Sc4ccc(F)cc4)C3)cc12. The van der Waals surface area contributed by atoms with Crippen LogP contribution in [0.3, 0.4) is 0 Å². The van der Waals surface area contributed by atoms with E-state index in [1.165, 1.54) is 29.8 Å². The zero-order valence-electron chi connectivity index (χ0n) is 21.3. The van der Waals surface area contributed by atoms with Crippen molar-refractivity contribution < 1.29 is 13.2 Å². The Balaban J connectivity index is 1.54. The molecule has 0 spiro atoms. The molecule has 4 aromatic rings. The molecule has 37 heavy (non-hydrogen) atoms. The van der Waals surface area contributed by atoms with Crippen molar-refractivity contribution in [2.45, 2.75) is 30.2 Å². The topological polar surface area (TPSA) is 31.7 Å². The van der Waals surface area contributed by atoms with Crippen molar-refractivity contribution in [1.82, 2.24) is 9.62 Å². The summed E-state index contributed by atoms with van der Waals surface area (Å²) in [5, 5.41) is 4.37. The fraction of sp³-hybridized carbons (Fsp3) is 0.310. The van der Waals surface area contributed by atoms with E-state index in [0.29, 0.717) is 12.5 Å². The maximum Gasteiger partial charge on any atom is 0.139 e. The second kappa shape index (κ2) is 11.5. The lowest BCUT2D eigenvalue weighted by atomic mass is 9.89. The maximum atomic E-state index is 13.6. The summed E-state index contributed by atoms with van der Waals surface area (Å²) in [6.07, 6.45) is 4.27. The first kappa shape index (κ1) is 26.1. The van der Waals surface area contributed by atoms with Gasteiger partial charge in [-0.15, -0.1) is 0 Å². The summed E-state index contributed by atoms with van der Waals surface area (Å²) in [4.78, 5) is 1.05. The Morgan fingerprint density at radius 3 is 2.43 bits per heavy atom. The first-order chi connectivity index (χ1) is 18.0. The van der Waals surface area contributed by atoms with Crippen LogP contribution in [0.25, 0.3) is 22.3 Å². The molecule has 2 heterocycles. The summed E-state index contributed by atoms with van der Waals surface area (Å²) in [7, 11) is 4.01. The van der Waals surface area contributed by atoms with Gasteiger partial charge < -0.3 is 14.0 Å². The molecule has 0 radical (unpaired) electrons. The summed E-state index contributed by atoms with van der Waals surface area (Å²) in [5.41, 5.74) is 5.23. The minimum absolute atomic E-state index is 0.212. The van der Waals surface area contributed by atoms with Crippen LogP contribution in [0.5, 0.6) is 0 Å². The van der Waals surface area contributed by atoms with E-state index in [1.54, 1.807) is 36.0 Å². The van der Waals surface area contributed by atoms with E-state index in [2.05, 4.69) is 39.4 Å².